The van der Waals surface area contributed by atoms with E-state index in [9.17, 15) is 27.9 Å². The maximum atomic E-state index is 12.9. The Morgan fingerprint density at radius 3 is 2.61 bits per heavy atom. The van der Waals surface area contributed by atoms with Crippen molar-refractivity contribution in [2.24, 2.45) is 0 Å². The summed E-state index contributed by atoms with van der Waals surface area (Å²) in [5.41, 5.74) is 1.36. The van der Waals surface area contributed by atoms with Crippen molar-refractivity contribution in [3.63, 3.8) is 0 Å². The van der Waals surface area contributed by atoms with Crippen LogP contribution in [-0.2, 0) is 14.9 Å². The van der Waals surface area contributed by atoms with Crippen LogP contribution in [0.15, 0.2) is 36.5 Å². The smallest absolute Gasteiger partial charge is 0.411 e. The Hall–Kier alpha value is -2.89. The lowest BCUT2D eigenvalue weighted by molar-refractivity contribution is -0.196. The van der Waals surface area contributed by atoms with Crippen molar-refractivity contribution in [3.05, 3.63) is 58.4 Å². The zero-order valence-corrected chi connectivity index (χ0v) is 20.9. The molecule has 3 heterocycles. The molecule has 2 aliphatic heterocycles. The molecule has 1 saturated heterocycles. The zero-order chi connectivity index (χ0) is 26.9. The lowest BCUT2D eigenvalue weighted by Crippen LogP contribution is -2.77. The minimum absolute atomic E-state index is 0.103. The van der Waals surface area contributed by atoms with Crippen LogP contribution in [0.5, 0.6) is 5.75 Å². The molecular weight excluding hydrogens is 527 g/mol. The Labute approximate surface area is 221 Å². The van der Waals surface area contributed by atoms with E-state index in [1.165, 1.54) is 4.90 Å². The van der Waals surface area contributed by atoms with Gasteiger partial charge in [0, 0.05) is 47.2 Å². The second-order valence-corrected chi connectivity index (χ2v) is 11.2. The number of nitrogens with one attached hydrogen (secondary N) is 1. The third kappa shape index (κ3) is 4.50. The molecule has 3 saturated carbocycles. The van der Waals surface area contributed by atoms with Gasteiger partial charge >= 0.3 is 6.18 Å². The molecule has 8 nitrogen and oxygen atoms in total. The lowest BCUT2D eigenvalue weighted by Gasteiger charge is -2.71. The van der Waals surface area contributed by atoms with Gasteiger partial charge in [0.05, 0.1) is 12.2 Å². The number of hydrogen-bond donors (Lipinski definition) is 2. The molecule has 7 rings (SSSR count). The van der Waals surface area contributed by atoms with Gasteiger partial charge in [-0.25, -0.2) is 0 Å². The average molecular weight is 552 g/mol. The molecule has 2 atom stereocenters. The highest BCUT2D eigenvalue weighted by molar-refractivity contribution is 6.30. The predicted octanol–water partition coefficient (Wildman–Crippen LogP) is 3.31. The first-order valence-corrected chi connectivity index (χ1v) is 12.7. The number of halogens is 4. The van der Waals surface area contributed by atoms with Gasteiger partial charge in [0.2, 0.25) is 0 Å². The molecule has 202 valence electrons. The summed E-state index contributed by atoms with van der Waals surface area (Å²) in [6.45, 7) is -1.12. The number of amides is 2. The summed E-state index contributed by atoms with van der Waals surface area (Å²) < 4.78 is 47.4. The van der Waals surface area contributed by atoms with Gasteiger partial charge in [-0.1, -0.05) is 17.7 Å². The number of alkyl halides is 3. The minimum atomic E-state index is -4.39. The molecule has 38 heavy (non-hydrogen) atoms. The van der Waals surface area contributed by atoms with Gasteiger partial charge in [-0.2, -0.15) is 13.2 Å². The van der Waals surface area contributed by atoms with E-state index in [1.54, 1.807) is 30.5 Å². The van der Waals surface area contributed by atoms with E-state index in [0.29, 0.717) is 16.3 Å². The predicted molar refractivity (Wildman–Crippen MR) is 128 cm³/mol. The lowest BCUT2D eigenvalue weighted by atomic mass is 9.37. The fourth-order valence-corrected chi connectivity index (χ4v) is 6.25. The summed E-state index contributed by atoms with van der Waals surface area (Å²) in [5.74, 6) is -0.155. The highest BCUT2D eigenvalue weighted by Gasteiger charge is 2.69. The Bertz CT molecular complexity index is 1260. The molecule has 5 aliphatic rings. The minimum Gasteiger partial charge on any atom is -0.480 e. The molecule has 2 bridgehead atoms. The molecule has 3 aliphatic carbocycles. The summed E-state index contributed by atoms with van der Waals surface area (Å²) in [6.07, 6.45) is -2.61. The van der Waals surface area contributed by atoms with Crippen molar-refractivity contribution >= 4 is 23.4 Å². The molecule has 0 radical (unpaired) electrons. The molecule has 2 amide bonds. The van der Waals surface area contributed by atoms with Crippen molar-refractivity contribution in [1.29, 1.82) is 0 Å². The molecule has 12 heteroatoms. The first kappa shape index (κ1) is 25.4. The second kappa shape index (κ2) is 8.82. The number of likely N-dealkylation sites (tertiary alicyclic amines) is 1. The Morgan fingerprint density at radius 2 is 1.95 bits per heavy atom. The molecule has 4 fully saturated rings. The van der Waals surface area contributed by atoms with Gasteiger partial charge < -0.3 is 24.8 Å². The van der Waals surface area contributed by atoms with Crippen molar-refractivity contribution < 1.29 is 37.3 Å². The number of aliphatic hydroxyl groups excluding tert-OH is 1. The Kier molecular flexibility index (Phi) is 5.89. The van der Waals surface area contributed by atoms with Gasteiger partial charge in [-0.3, -0.25) is 14.6 Å². The molecule has 0 unspecified atom stereocenters. The molecule has 1 aromatic heterocycles. The topological polar surface area (TPSA) is 101 Å². The van der Waals surface area contributed by atoms with Crippen LogP contribution in [-0.4, -0.2) is 70.4 Å². The third-order valence-electron chi connectivity index (χ3n) is 7.96. The standard InChI is InChI=1S/C26H25ClF3N3O5/c27-15-2-4-20-17(5-15)19(34)6-21(38-20)22(35)32-25-10-24(11-25,12-25)14-1-3-18(31-7-14)23(36)33-8-16(9-33)37-13-26(28,29)30/h1-5,7,16,19,21,34H,6,8-13H2,(H,32,35)/t19-,21-,24?,25?/m1/s1. The number of hydrogen-bond acceptors (Lipinski definition) is 6. The highest BCUT2D eigenvalue weighted by Crippen LogP contribution is 2.67. The Morgan fingerprint density at radius 1 is 1.21 bits per heavy atom. The summed E-state index contributed by atoms with van der Waals surface area (Å²) in [6, 6.07) is 8.43. The number of ether oxygens (including phenoxy) is 2. The molecular formula is C26H25ClF3N3O5. The second-order valence-electron chi connectivity index (χ2n) is 10.8. The number of carbonyl (C=O) groups is 2. The number of aliphatic hydroxyl groups is 1. The number of fused-ring (bicyclic) bond motifs is 1. The summed E-state index contributed by atoms with van der Waals surface area (Å²) in [4.78, 5) is 31.2. The van der Waals surface area contributed by atoms with Crippen LogP contribution < -0.4 is 10.1 Å². The van der Waals surface area contributed by atoms with Crippen LogP contribution in [0, 0.1) is 0 Å². The number of carbonyl (C=O) groups excluding carboxylic acids is 2. The maximum absolute atomic E-state index is 12.9. The monoisotopic (exact) mass is 551 g/mol. The van der Waals surface area contributed by atoms with E-state index in [2.05, 4.69) is 10.3 Å². The zero-order valence-electron chi connectivity index (χ0n) is 20.1. The fourth-order valence-electron chi connectivity index (χ4n) is 6.07. The van der Waals surface area contributed by atoms with Crippen LogP contribution in [0.25, 0.3) is 0 Å². The van der Waals surface area contributed by atoms with Crippen molar-refractivity contribution in [3.8, 4) is 5.75 Å². The number of rotatable bonds is 6. The summed E-state index contributed by atoms with van der Waals surface area (Å²) >= 11 is 5.99. The van der Waals surface area contributed by atoms with E-state index in [0.717, 1.165) is 24.8 Å². The van der Waals surface area contributed by atoms with Gasteiger partial charge in [-0.05, 0) is 49.1 Å². The van der Waals surface area contributed by atoms with Crippen molar-refractivity contribution in [2.45, 2.75) is 61.1 Å². The Balaban J connectivity index is 0.998. The molecule has 2 aromatic rings. The van der Waals surface area contributed by atoms with Crippen LogP contribution >= 0.6 is 11.6 Å². The van der Waals surface area contributed by atoms with Crippen LogP contribution in [0.2, 0.25) is 5.02 Å². The first-order valence-electron chi connectivity index (χ1n) is 12.3. The number of nitrogens with zero attached hydrogens (tertiary/aromatic N) is 2. The summed E-state index contributed by atoms with van der Waals surface area (Å²) in [5, 5.41) is 14.1. The first-order chi connectivity index (χ1) is 17.9. The number of benzene rings is 1. The van der Waals surface area contributed by atoms with E-state index >= 15 is 0 Å². The van der Waals surface area contributed by atoms with Crippen molar-refractivity contribution in [2.75, 3.05) is 19.7 Å². The van der Waals surface area contributed by atoms with Gasteiger partial charge in [0.1, 0.15) is 18.1 Å². The largest absolute Gasteiger partial charge is 0.480 e. The average Bonchev–Trinajstić information content (AvgIpc) is 2.79. The number of pyridine rings is 1. The molecule has 1 aromatic carbocycles. The van der Waals surface area contributed by atoms with E-state index in [-0.39, 0.29) is 48.0 Å². The highest BCUT2D eigenvalue weighted by atomic mass is 35.5. The quantitative estimate of drug-likeness (QED) is 0.571. The SMILES string of the molecule is O=C(NC12CC(c3ccc(C(=O)N4CC(OCC(F)(F)F)C4)nc3)(C1)C2)[C@H]1C[C@@H](O)c2cc(Cl)ccc2O1. The van der Waals surface area contributed by atoms with Crippen LogP contribution in [0.4, 0.5) is 13.2 Å². The molecule has 0 spiro atoms. The van der Waals surface area contributed by atoms with E-state index in [1.807, 2.05) is 6.07 Å². The number of aromatic nitrogens is 1. The van der Waals surface area contributed by atoms with E-state index < -0.39 is 31.1 Å². The van der Waals surface area contributed by atoms with Gasteiger partial charge in [0.15, 0.2) is 6.10 Å². The maximum Gasteiger partial charge on any atom is 0.411 e. The summed E-state index contributed by atoms with van der Waals surface area (Å²) in [7, 11) is 0. The van der Waals surface area contributed by atoms with Crippen LogP contribution in [0.1, 0.15) is 53.4 Å². The van der Waals surface area contributed by atoms with Gasteiger partial charge in [0.25, 0.3) is 11.8 Å². The fraction of sp³-hybridized carbons (Fsp3) is 0.500. The third-order valence-corrected chi connectivity index (χ3v) is 8.20. The molecule has 2 N–H and O–H groups in total. The normalized spacial score (nSPS) is 29.8. The van der Waals surface area contributed by atoms with Gasteiger partial charge in [-0.15, -0.1) is 0 Å². The van der Waals surface area contributed by atoms with Crippen molar-refractivity contribution in [1.82, 2.24) is 15.2 Å². The van der Waals surface area contributed by atoms with E-state index in [4.69, 9.17) is 21.1 Å². The van der Waals surface area contributed by atoms with Crippen LogP contribution in [0.3, 0.4) is 0 Å².